The quantitative estimate of drug-likeness (QED) is 0.340. The number of fused-ring (bicyclic) bond motifs is 1. The number of halogens is 3. The Hall–Kier alpha value is -4.40. The van der Waals surface area contributed by atoms with E-state index in [1.165, 1.54) is 12.1 Å². The molecular formula is C28H22F3N3O5. The lowest BCUT2D eigenvalue weighted by atomic mass is 9.96. The minimum Gasteiger partial charge on any atom is -0.484 e. The van der Waals surface area contributed by atoms with Crippen LogP contribution in [0.25, 0.3) is 33.7 Å². The van der Waals surface area contributed by atoms with Gasteiger partial charge in [-0.3, -0.25) is 9.69 Å². The van der Waals surface area contributed by atoms with Gasteiger partial charge in [-0.15, -0.1) is 0 Å². The topological polar surface area (TPSA) is 109 Å². The second-order valence-corrected chi connectivity index (χ2v) is 8.96. The zero-order valence-electron chi connectivity index (χ0n) is 20.4. The smallest absolute Gasteiger partial charge is 0.422 e. The highest BCUT2D eigenvalue weighted by atomic mass is 19.4. The molecule has 2 heterocycles. The van der Waals surface area contributed by atoms with E-state index < -0.39 is 24.8 Å². The molecule has 1 atom stereocenters. The molecule has 0 amide bonds. The third kappa shape index (κ3) is 5.72. The monoisotopic (exact) mass is 537 g/mol. The Bertz CT molecular complexity index is 1550. The molecule has 1 aliphatic heterocycles. The average Bonchev–Trinajstić information content (AvgIpc) is 3.34. The second-order valence-electron chi connectivity index (χ2n) is 8.96. The molecule has 0 spiro atoms. The van der Waals surface area contributed by atoms with Gasteiger partial charge in [0.1, 0.15) is 23.4 Å². The van der Waals surface area contributed by atoms with E-state index in [1.807, 2.05) is 36.4 Å². The van der Waals surface area contributed by atoms with Crippen LogP contribution < -0.4 is 4.74 Å². The van der Waals surface area contributed by atoms with Gasteiger partial charge in [-0.2, -0.15) is 18.4 Å². The highest BCUT2D eigenvalue weighted by Crippen LogP contribution is 2.36. The van der Waals surface area contributed by atoms with Crippen molar-refractivity contribution in [2.24, 2.45) is 0 Å². The molecule has 3 aromatic carbocycles. The van der Waals surface area contributed by atoms with Gasteiger partial charge in [-0.25, -0.2) is 4.98 Å². The van der Waals surface area contributed by atoms with E-state index in [0.29, 0.717) is 27.8 Å². The van der Waals surface area contributed by atoms with E-state index in [9.17, 15) is 28.3 Å². The van der Waals surface area contributed by atoms with Crippen molar-refractivity contribution in [1.82, 2.24) is 9.88 Å². The summed E-state index contributed by atoms with van der Waals surface area (Å²) in [5, 5.41) is 19.5. The molecule has 1 fully saturated rings. The van der Waals surface area contributed by atoms with Crippen LogP contribution in [0.3, 0.4) is 0 Å². The van der Waals surface area contributed by atoms with Crippen molar-refractivity contribution in [3.8, 4) is 34.4 Å². The van der Waals surface area contributed by atoms with Gasteiger partial charge in [0.15, 0.2) is 12.2 Å². The van der Waals surface area contributed by atoms with Gasteiger partial charge in [-0.1, -0.05) is 42.5 Å². The van der Waals surface area contributed by atoms with Gasteiger partial charge in [0.25, 0.3) is 0 Å². The summed E-state index contributed by atoms with van der Waals surface area (Å²) in [4.78, 5) is 17.8. The van der Waals surface area contributed by atoms with Crippen molar-refractivity contribution < 1.29 is 37.0 Å². The minimum atomic E-state index is -4.58. The van der Waals surface area contributed by atoms with Crippen LogP contribution in [0.15, 0.2) is 65.1 Å². The molecule has 39 heavy (non-hydrogen) atoms. The summed E-state index contributed by atoms with van der Waals surface area (Å²) in [6, 6.07) is 18.7. The Balaban J connectivity index is 1.57. The molecule has 0 radical (unpaired) electrons. The number of nitrogens with zero attached hydrogens (tertiary/aromatic N) is 3. The molecule has 5 rings (SSSR count). The first-order valence-corrected chi connectivity index (χ1v) is 12.0. The molecule has 11 heteroatoms. The third-order valence-corrected chi connectivity index (χ3v) is 6.35. The van der Waals surface area contributed by atoms with Crippen LogP contribution in [0.5, 0.6) is 5.75 Å². The summed E-state index contributed by atoms with van der Waals surface area (Å²) in [6.07, 6.45) is -4.58. The number of alkyl halides is 3. The van der Waals surface area contributed by atoms with E-state index in [1.54, 1.807) is 17.0 Å². The van der Waals surface area contributed by atoms with Gasteiger partial charge in [0.2, 0.25) is 5.89 Å². The number of benzene rings is 3. The van der Waals surface area contributed by atoms with E-state index in [-0.39, 0.29) is 43.5 Å². The lowest BCUT2D eigenvalue weighted by Crippen LogP contribution is -2.49. The molecular weight excluding hydrogens is 515 g/mol. The van der Waals surface area contributed by atoms with Gasteiger partial charge in [0.05, 0.1) is 24.3 Å². The van der Waals surface area contributed by atoms with Crippen LogP contribution in [-0.4, -0.2) is 59.5 Å². The lowest BCUT2D eigenvalue weighted by Gasteiger charge is -2.33. The van der Waals surface area contributed by atoms with Crippen molar-refractivity contribution in [2.75, 3.05) is 26.4 Å². The van der Waals surface area contributed by atoms with Crippen LogP contribution >= 0.6 is 0 Å². The molecule has 1 aliphatic rings. The first-order valence-electron chi connectivity index (χ1n) is 12.0. The molecule has 0 aliphatic carbocycles. The zero-order chi connectivity index (χ0) is 27.6. The number of morpholine rings is 1. The Labute approximate surface area is 220 Å². The predicted octanol–water partition coefficient (Wildman–Crippen LogP) is 5.26. The molecule has 1 N–H and O–H groups in total. The molecule has 0 saturated carbocycles. The number of oxazole rings is 1. The predicted molar refractivity (Wildman–Crippen MR) is 134 cm³/mol. The van der Waals surface area contributed by atoms with Crippen molar-refractivity contribution in [2.45, 2.75) is 18.8 Å². The maximum atomic E-state index is 13.0. The van der Waals surface area contributed by atoms with E-state index >= 15 is 0 Å². The van der Waals surface area contributed by atoms with E-state index in [2.05, 4.69) is 11.1 Å². The minimum absolute atomic E-state index is 0.00140. The molecule has 1 aromatic heterocycles. The molecule has 4 aromatic rings. The van der Waals surface area contributed by atoms with Crippen LogP contribution in [0.1, 0.15) is 11.1 Å². The Morgan fingerprint density at radius 2 is 1.92 bits per heavy atom. The first kappa shape index (κ1) is 26.2. The van der Waals surface area contributed by atoms with Crippen LogP contribution in [0.2, 0.25) is 0 Å². The second kappa shape index (κ2) is 10.8. The van der Waals surface area contributed by atoms with Crippen molar-refractivity contribution >= 4 is 17.1 Å². The number of aromatic nitrogens is 1. The standard InChI is InChI=1S/C28H22F3N3O5/c29-28(30,31)16-38-24-12-25-22(11-18(24)14-34-9-10-37-15-23(34)27(35)36)33-26(39-25)20-8-4-7-19(21(20)13-32)17-5-2-1-3-6-17/h1-8,11-12,23H,9-10,14-16H2,(H,35,36). The summed E-state index contributed by atoms with van der Waals surface area (Å²) in [7, 11) is 0. The molecule has 8 nitrogen and oxygen atoms in total. The number of ether oxygens (including phenoxy) is 2. The highest BCUT2D eigenvalue weighted by molar-refractivity contribution is 5.83. The largest absolute Gasteiger partial charge is 0.484 e. The maximum Gasteiger partial charge on any atom is 0.422 e. The molecule has 0 bridgehead atoms. The van der Waals surface area contributed by atoms with Crippen molar-refractivity contribution in [3.63, 3.8) is 0 Å². The summed E-state index contributed by atoms with van der Waals surface area (Å²) in [6.45, 7) is -1.02. The average molecular weight is 537 g/mol. The first-order chi connectivity index (χ1) is 18.7. The van der Waals surface area contributed by atoms with Gasteiger partial charge < -0.3 is 19.0 Å². The van der Waals surface area contributed by atoms with Crippen molar-refractivity contribution in [1.29, 1.82) is 5.26 Å². The fraction of sp³-hybridized carbons (Fsp3) is 0.250. The van der Waals surface area contributed by atoms with Gasteiger partial charge >= 0.3 is 12.1 Å². The fourth-order valence-corrected chi connectivity index (χ4v) is 4.51. The van der Waals surface area contributed by atoms with E-state index in [0.717, 1.165) is 5.56 Å². The summed E-state index contributed by atoms with van der Waals surface area (Å²) in [5.41, 5.74) is 3.08. The number of hydrogen-bond acceptors (Lipinski definition) is 7. The Kier molecular flexibility index (Phi) is 7.24. The number of carboxylic acids is 1. The number of nitriles is 1. The highest BCUT2D eigenvalue weighted by Gasteiger charge is 2.32. The normalized spacial score (nSPS) is 16.2. The fourth-order valence-electron chi connectivity index (χ4n) is 4.51. The lowest BCUT2D eigenvalue weighted by molar-refractivity contribution is -0.153. The van der Waals surface area contributed by atoms with Crippen LogP contribution in [-0.2, 0) is 16.1 Å². The maximum absolute atomic E-state index is 13.0. The molecule has 1 saturated heterocycles. The zero-order valence-corrected chi connectivity index (χ0v) is 20.4. The number of hydrogen-bond donors (Lipinski definition) is 1. The molecule has 200 valence electrons. The van der Waals surface area contributed by atoms with Crippen molar-refractivity contribution in [3.05, 3.63) is 71.8 Å². The van der Waals surface area contributed by atoms with Crippen LogP contribution in [0.4, 0.5) is 13.2 Å². The van der Waals surface area contributed by atoms with E-state index in [4.69, 9.17) is 13.9 Å². The Morgan fingerprint density at radius 3 is 2.64 bits per heavy atom. The molecule has 1 unspecified atom stereocenters. The number of carbonyl (C=O) groups is 1. The third-order valence-electron chi connectivity index (χ3n) is 6.35. The summed E-state index contributed by atoms with van der Waals surface area (Å²) >= 11 is 0. The Morgan fingerprint density at radius 1 is 1.15 bits per heavy atom. The number of aliphatic carboxylic acids is 1. The summed E-state index contributed by atoms with van der Waals surface area (Å²) < 4.78 is 55.3. The SMILES string of the molecule is N#Cc1c(-c2ccccc2)cccc1-c1nc2cc(CN3CCOCC3C(=O)O)c(OCC(F)(F)F)cc2o1. The van der Waals surface area contributed by atoms with Gasteiger partial charge in [0, 0.05) is 30.3 Å². The van der Waals surface area contributed by atoms with Gasteiger partial charge in [-0.05, 0) is 17.7 Å². The summed E-state index contributed by atoms with van der Waals surface area (Å²) in [5.74, 6) is -1.08. The van der Waals surface area contributed by atoms with Crippen LogP contribution in [0, 0.1) is 11.3 Å². The number of rotatable bonds is 7. The number of carboxylic acid groups (broad SMARTS) is 1.